The van der Waals surface area contributed by atoms with Gasteiger partial charge in [-0.1, -0.05) is 5.92 Å². The van der Waals surface area contributed by atoms with Crippen molar-refractivity contribution in [1.82, 2.24) is 9.94 Å². The van der Waals surface area contributed by atoms with E-state index in [4.69, 9.17) is 11.3 Å². The fourth-order valence-electron chi connectivity index (χ4n) is 0.435. The van der Waals surface area contributed by atoms with Gasteiger partial charge in [0.15, 0.2) is 6.61 Å². The fourth-order valence-corrected chi connectivity index (χ4v) is 0.435. The average Bonchev–Trinajstić information content (AvgIpc) is 2.34. The van der Waals surface area contributed by atoms with E-state index in [1.165, 1.54) is 4.85 Å². The lowest BCUT2D eigenvalue weighted by molar-refractivity contribution is 0.108. The first-order chi connectivity index (χ1) is 4.43. The van der Waals surface area contributed by atoms with Crippen molar-refractivity contribution in [3.63, 3.8) is 0 Å². The van der Waals surface area contributed by atoms with Gasteiger partial charge in [0.25, 0.3) is 0 Å². The van der Waals surface area contributed by atoms with E-state index in [0.717, 1.165) is 0 Å². The van der Waals surface area contributed by atoms with Crippen molar-refractivity contribution >= 4 is 0 Å². The van der Waals surface area contributed by atoms with Gasteiger partial charge in [0.1, 0.15) is 0 Å². The first-order valence-electron chi connectivity index (χ1n) is 2.50. The molecule has 0 atom stereocenters. The zero-order chi connectivity index (χ0) is 6.53. The molecule has 3 nitrogen and oxygen atoms in total. The Morgan fingerprint density at radius 2 is 2.67 bits per heavy atom. The smallest absolute Gasteiger partial charge is 0.177 e. The lowest BCUT2D eigenvalue weighted by atomic mass is 10.8. The van der Waals surface area contributed by atoms with E-state index in [9.17, 15) is 0 Å². The summed E-state index contributed by atoms with van der Waals surface area (Å²) in [5.41, 5.74) is 0. The van der Waals surface area contributed by atoms with Crippen LogP contribution in [-0.4, -0.2) is 16.6 Å². The molecule has 1 rings (SSSR count). The molecular weight excluding hydrogens is 116 g/mol. The highest BCUT2D eigenvalue weighted by molar-refractivity contribution is 4.83. The van der Waals surface area contributed by atoms with Gasteiger partial charge < -0.3 is 4.84 Å². The van der Waals surface area contributed by atoms with Gasteiger partial charge in [-0.3, -0.25) is 0 Å². The van der Waals surface area contributed by atoms with E-state index in [1.807, 2.05) is 0 Å². The Morgan fingerprint density at radius 1 is 1.78 bits per heavy atom. The van der Waals surface area contributed by atoms with E-state index in [0.29, 0.717) is 0 Å². The minimum Gasteiger partial charge on any atom is -0.384 e. The molecule has 0 aliphatic heterocycles. The van der Waals surface area contributed by atoms with Crippen LogP contribution in [0.1, 0.15) is 0 Å². The standard InChI is InChI=1S/C6H6N2O/c1-2-6-9-8-5-3-4-7-8/h1,3-5H,6H2. The zero-order valence-electron chi connectivity index (χ0n) is 4.82. The summed E-state index contributed by atoms with van der Waals surface area (Å²) in [6.45, 7) is 0.252. The Balaban J connectivity index is 2.41. The predicted octanol–water partition coefficient (Wildman–Crippen LogP) is -0.0551. The van der Waals surface area contributed by atoms with Crippen LogP contribution in [0.4, 0.5) is 0 Å². The van der Waals surface area contributed by atoms with Crippen molar-refractivity contribution in [2.24, 2.45) is 0 Å². The summed E-state index contributed by atoms with van der Waals surface area (Å²) >= 11 is 0. The molecule has 0 amide bonds. The van der Waals surface area contributed by atoms with Gasteiger partial charge in [0, 0.05) is 0 Å². The molecule has 0 saturated heterocycles. The highest BCUT2D eigenvalue weighted by atomic mass is 16.7. The number of hydrogen-bond acceptors (Lipinski definition) is 2. The summed E-state index contributed by atoms with van der Waals surface area (Å²) in [6, 6.07) is 1.76. The minimum absolute atomic E-state index is 0.252. The molecule has 1 aromatic heterocycles. The van der Waals surface area contributed by atoms with Crippen LogP contribution >= 0.6 is 0 Å². The highest BCUT2D eigenvalue weighted by Crippen LogP contribution is 1.77. The molecule has 9 heavy (non-hydrogen) atoms. The summed E-state index contributed by atoms with van der Waals surface area (Å²) < 4.78 is 0. The molecule has 0 aliphatic rings. The molecule has 0 bridgehead atoms. The van der Waals surface area contributed by atoms with Gasteiger partial charge in [-0.2, -0.15) is 0 Å². The van der Waals surface area contributed by atoms with Crippen LogP contribution in [0.15, 0.2) is 18.5 Å². The molecule has 0 N–H and O–H groups in total. The highest BCUT2D eigenvalue weighted by Gasteiger charge is 1.82. The monoisotopic (exact) mass is 122 g/mol. The van der Waals surface area contributed by atoms with Crippen LogP contribution < -0.4 is 4.84 Å². The molecule has 0 spiro atoms. The van der Waals surface area contributed by atoms with E-state index in [2.05, 4.69) is 11.0 Å². The second-order valence-corrected chi connectivity index (χ2v) is 1.39. The lowest BCUT2D eigenvalue weighted by Gasteiger charge is -1.96. The van der Waals surface area contributed by atoms with Crippen LogP contribution in [0.25, 0.3) is 0 Å². The van der Waals surface area contributed by atoms with E-state index in [-0.39, 0.29) is 6.61 Å². The van der Waals surface area contributed by atoms with Crippen LogP contribution in [0.3, 0.4) is 0 Å². The van der Waals surface area contributed by atoms with Crippen LogP contribution in [0, 0.1) is 12.3 Å². The summed E-state index contributed by atoms with van der Waals surface area (Å²) in [6.07, 6.45) is 8.23. The number of terminal acetylenes is 1. The fraction of sp³-hybridized carbons (Fsp3) is 0.167. The zero-order valence-corrected chi connectivity index (χ0v) is 4.82. The van der Waals surface area contributed by atoms with Gasteiger partial charge in [-0.15, -0.1) is 16.4 Å². The van der Waals surface area contributed by atoms with E-state index < -0.39 is 0 Å². The molecule has 0 saturated carbocycles. The molecule has 46 valence electrons. The second-order valence-electron chi connectivity index (χ2n) is 1.39. The third-order valence-electron chi connectivity index (χ3n) is 0.760. The van der Waals surface area contributed by atoms with Gasteiger partial charge in [-0.05, 0) is 6.07 Å². The van der Waals surface area contributed by atoms with E-state index in [1.54, 1.807) is 18.5 Å². The largest absolute Gasteiger partial charge is 0.384 e. The molecule has 0 aromatic carbocycles. The molecule has 3 heteroatoms. The molecular formula is C6H6N2O. The van der Waals surface area contributed by atoms with Crippen molar-refractivity contribution in [3.05, 3.63) is 18.5 Å². The van der Waals surface area contributed by atoms with Crippen LogP contribution in [0.2, 0.25) is 0 Å². The van der Waals surface area contributed by atoms with Crippen molar-refractivity contribution < 1.29 is 4.84 Å². The Bertz CT molecular complexity index is 197. The van der Waals surface area contributed by atoms with Crippen LogP contribution in [0.5, 0.6) is 0 Å². The summed E-state index contributed by atoms with van der Waals surface area (Å²) in [5, 5.41) is 3.75. The van der Waals surface area contributed by atoms with Crippen molar-refractivity contribution in [1.29, 1.82) is 0 Å². The first kappa shape index (κ1) is 5.70. The van der Waals surface area contributed by atoms with Crippen molar-refractivity contribution in [2.75, 3.05) is 6.61 Å². The topological polar surface area (TPSA) is 27.1 Å². The summed E-state index contributed by atoms with van der Waals surface area (Å²) in [4.78, 5) is 6.18. The Morgan fingerprint density at radius 3 is 3.22 bits per heavy atom. The molecule has 0 aliphatic carbocycles. The summed E-state index contributed by atoms with van der Waals surface area (Å²) in [5.74, 6) is 2.32. The number of rotatable bonds is 2. The quantitative estimate of drug-likeness (QED) is 0.514. The number of hydrogen-bond donors (Lipinski definition) is 0. The predicted molar refractivity (Wildman–Crippen MR) is 32.5 cm³/mol. The molecule has 1 aromatic rings. The van der Waals surface area contributed by atoms with Gasteiger partial charge >= 0.3 is 0 Å². The van der Waals surface area contributed by atoms with Crippen molar-refractivity contribution in [2.45, 2.75) is 0 Å². The maximum absolute atomic E-state index is 4.93. The Hall–Kier alpha value is -1.43. The normalized spacial score (nSPS) is 8.33. The van der Waals surface area contributed by atoms with Gasteiger partial charge in [-0.25, -0.2) is 0 Å². The van der Waals surface area contributed by atoms with Crippen molar-refractivity contribution in [3.8, 4) is 12.3 Å². The Kier molecular flexibility index (Phi) is 1.76. The Labute approximate surface area is 53.2 Å². The first-order valence-corrected chi connectivity index (χ1v) is 2.50. The molecule has 1 heterocycles. The third-order valence-corrected chi connectivity index (χ3v) is 0.760. The van der Waals surface area contributed by atoms with Gasteiger partial charge in [0.05, 0.1) is 12.4 Å². The maximum atomic E-state index is 4.93. The minimum atomic E-state index is 0.252. The molecule has 0 unspecified atom stereocenters. The number of aromatic nitrogens is 2. The SMILES string of the molecule is C#CCOn1cccn1. The van der Waals surface area contributed by atoms with Gasteiger partial charge in [0.2, 0.25) is 0 Å². The third kappa shape index (κ3) is 1.50. The van der Waals surface area contributed by atoms with Crippen LogP contribution in [-0.2, 0) is 0 Å². The molecule has 0 fully saturated rings. The lowest BCUT2D eigenvalue weighted by Crippen LogP contribution is -2.11. The second kappa shape index (κ2) is 2.78. The maximum Gasteiger partial charge on any atom is 0.177 e. The van der Waals surface area contributed by atoms with E-state index >= 15 is 0 Å². The average molecular weight is 122 g/mol. The number of nitrogens with zero attached hydrogens (tertiary/aromatic N) is 2. The molecule has 0 radical (unpaired) electrons. The summed E-state index contributed by atoms with van der Waals surface area (Å²) in [7, 11) is 0.